The molecule has 0 spiro atoms. The second-order valence-electron chi connectivity index (χ2n) is 9.25. The minimum atomic E-state index is -0.594. The number of piperidine rings is 1. The molecule has 3 N–H and O–H groups in total. The molecule has 2 aromatic carbocycles. The summed E-state index contributed by atoms with van der Waals surface area (Å²) >= 11 is 1.69. The summed E-state index contributed by atoms with van der Waals surface area (Å²) in [4.78, 5) is 31.9. The van der Waals surface area contributed by atoms with Crippen molar-refractivity contribution in [2.75, 3.05) is 19.6 Å². The Balaban J connectivity index is 1.57. The first-order valence-electron chi connectivity index (χ1n) is 12.3. The van der Waals surface area contributed by atoms with Gasteiger partial charge in [-0.15, -0.1) is 11.3 Å². The van der Waals surface area contributed by atoms with Gasteiger partial charge in [0.05, 0.1) is 0 Å². The van der Waals surface area contributed by atoms with Gasteiger partial charge in [0.25, 0.3) is 5.91 Å². The number of rotatable bonds is 9. The van der Waals surface area contributed by atoms with Gasteiger partial charge in [-0.25, -0.2) is 4.39 Å². The van der Waals surface area contributed by atoms with Crippen LogP contribution >= 0.6 is 11.3 Å². The van der Waals surface area contributed by atoms with Crippen LogP contribution in [0.15, 0.2) is 66.0 Å². The highest BCUT2D eigenvalue weighted by Crippen LogP contribution is 2.28. The summed E-state index contributed by atoms with van der Waals surface area (Å²) in [7, 11) is 0. The van der Waals surface area contributed by atoms with E-state index < -0.39 is 6.04 Å². The lowest BCUT2D eigenvalue weighted by atomic mass is 9.93. The highest BCUT2D eigenvalue weighted by molar-refractivity contribution is 7.09. The van der Waals surface area contributed by atoms with Gasteiger partial charge < -0.3 is 16.0 Å². The Morgan fingerprint density at radius 2 is 1.86 bits per heavy atom. The Morgan fingerprint density at radius 1 is 1.11 bits per heavy atom. The van der Waals surface area contributed by atoms with E-state index in [9.17, 15) is 14.0 Å². The van der Waals surface area contributed by atoms with E-state index in [2.05, 4.69) is 21.7 Å². The van der Waals surface area contributed by atoms with Crippen molar-refractivity contribution in [2.24, 2.45) is 5.73 Å². The van der Waals surface area contributed by atoms with Gasteiger partial charge in [-0.1, -0.05) is 35.9 Å². The standard InChI is InChI=1S/C28H33FN4O2S/c1-20-4-8-22(9-5-20)28(35)33-15-12-24(17-26(33)27(34)31-14-13-30)32(19-25-3-2-16-36-25)18-21-6-10-23(29)11-7-21/h2-11,16,24,26H,12-15,17-19,30H2,1H3,(H,31,34)/t24?,26-/m1/s1. The summed E-state index contributed by atoms with van der Waals surface area (Å²) in [6, 6.07) is 17.6. The van der Waals surface area contributed by atoms with Crippen molar-refractivity contribution in [3.05, 3.63) is 93.4 Å². The van der Waals surface area contributed by atoms with Crippen LogP contribution in [0.3, 0.4) is 0 Å². The van der Waals surface area contributed by atoms with Crippen LogP contribution in [-0.2, 0) is 17.9 Å². The van der Waals surface area contributed by atoms with Gasteiger partial charge in [-0.3, -0.25) is 14.5 Å². The van der Waals surface area contributed by atoms with Gasteiger partial charge in [0.15, 0.2) is 0 Å². The number of carbonyl (C=O) groups excluding carboxylic acids is 2. The third-order valence-electron chi connectivity index (χ3n) is 6.63. The Bertz CT molecular complexity index is 1140. The number of nitrogens with zero attached hydrogens (tertiary/aromatic N) is 2. The normalized spacial score (nSPS) is 17.8. The van der Waals surface area contributed by atoms with E-state index in [0.717, 1.165) is 24.1 Å². The van der Waals surface area contributed by atoms with Crippen molar-refractivity contribution < 1.29 is 14.0 Å². The quantitative estimate of drug-likeness (QED) is 0.459. The molecule has 1 aromatic heterocycles. The molecule has 1 aliphatic rings. The fourth-order valence-corrected chi connectivity index (χ4v) is 5.42. The van der Waals surface area contributed by atoms with Crippen LogP contribution in [-0.4, -0.2) is 53.3 Å². The number of nitrogens with two attached hydrogens (primary N) is 1. The maximum absolute atomic E-state index is 13.5. The van der Waals surface area contributed by atoms with Crippen molar-refractivity contribution in [3.8, 4) is 0 Å². The molecule has 0 bridgehead atoms. The van der Waals surface area contributed by atoms with Crippen molar-refractivity contribution >= 4 is 23.2 Å². The highest BCUT2D eigenvalue weighted by atomic mass is 32.1. The van der Waals surface area contributed by atoms with Crippen molar-refractivity contribution in [1.29, 1.82) is 0 Å². The second kappa shape index (κ2) is 12.3. The Morgan fingerprint density at radius 3 is 2.53 bits per heavy atom. The number of hydrogen-bond acceptors (Lipinski definition) is 5. The van der Waals surface area contributed by atoms with Crippen LogP contribution in [0, 0.1) is 12.7 Å². The fourth-order valence-electron chi connectivity index (χ4n) is 4.69. The summed E-state index contributed by atoms with van der Waals surface area (Å²) in [6.07, 6.45) is 1.26. The third kappa shape index (κ3) is 6.57. The average molecular weight is 509 g/mol. The zero-order valence-corrected chi connectivity index (χ0v) is 21.3. The van der Waals surface area contributed by atoms with Crippen molar-refractivity contribution in [2.45, 2.75) is 44.9 Å². The Kier molecular flexibility index (Phi) is 8.85. The Labute approximate surface area is 215 Å². The molecule has 1 fully saturated rings. The van der Waals surface area contributed by atoms with Gasteiger partial charge in [0, 0.05) is 49.2 Å². The second-order valence-corrected chi connectivity index (χ2v) is 10.3. The SMILES string of the molecule is Cc1ccc(C(=O)N2CCC(N(Cc3ccc(F)cc3)Cc3cccs3)C[C@@H]2C(=O)NCCN)cc1. The topological polar surface area (TPSA) is 78.7 Å². The molecule has 0 radical (unpaired) electrons. The van der Waals surface area contributed by atoms with Crippen LogP contribution in [0.25, 0.3) is 0 Å². The highest BCUT2D eigenvalue weighted by Gasteiger charge is 2.38. The number of halogens is 1. The molecule has 1 saturated heterocycles. The van der Waals surface area contributed by atoms with Crippen LogP contribution in [0.5, 0.6) is 0 Å². The lowest BCUT2D eigenvalue weighted by molar-refractivity contribution is -0.127. The molecule has 2 amide bonds. The molecule has 1 aliphatic heterocycles. The zero-order chi connectivity index (χ0) is 25.5. The lowest BCUT2D eigenvalue weighted by Gasteiger charge is -2.43. The number of benzene rings is 2. The van der Waals surface area contributed by atoms with Gasteiger partial charge in [-0.05, 0) is 61.0 Å². The molecule has 190 valence electrons. The number of thiophene rings is 1. The number of carbonyl (C=O) groups is 2. The van der Waals surface area contributed by atoms with Gasteiger partial charge >= 0.3 is 0 Å². The Hall–Kier alpha value is -3.07. The monoisotopic (exact) mass is 508 g/mol. The average Bonchev–Trinajstić information content (AvgIpc) is 3.41. The van der Waals surface area contributed by atoms with Crippen LogP contribution in [0.4, 0.5) is 4.39 Å². The van der Waals surface area contributed by atoms with Crippen molar-refractivity contribution in [3.63, 3.8) is 0 Å². The first kappa shape index (κ1) is 26.0. The van der Waals surface area contributed by atoms with E-state index >= 15 is 0 Å². The molecule has 3 aromatic rings. The summed E-state index contributed by atoms with van der Waals surface area (Å²) in [6.45, 7) is 4.51. The maximum atomic E-state index is 13.5. The van der Waals surface area contributed by atoms with Crippen LogP contribution in [0.1, 0.15) is 39.2 Å². The minimum Gasteiger partial charge on any atom is -0.353 e. The molecule has 0 saturated carbocycles. The van der Waals surface area contributed by atoms with Crippen LogP contribution < -0.4 is 11.1 Å². The molecule has 4 rings (SSSR count). The van der Waals surface area contributed by atoms with E-state index in [1.54, 1.807) is 28.4 Å². The molecule has 6 nitrogen and oxygen atoms in total. The number of nitrogens with one attached hydrogen (secondary N) is 1. The molecule has 0 aliphatic carbocycles. The number of likely N-dealkylation sites (tertiary alicyclic amines) is 1. The van der Waals surface area contributed by atoms with E-state index in [4.69, 9.17) is 5.73 Å². The van der Waals surface area contributed by atoms with Gasteiger partial charge in [0.1, 0.15) is 11.9 Å². The predicted octanol–water partition coefficient (Wildman–Crippen LogP) is 3.95. The molecule has 2 atom stereocenters. The first-order valence-corrected chi connectivity index (χ1v) is 13.2. The molecular weight excluding hydrogens is 475 g/mol. The maximum Gasteiger partial charge on any atom is 0.254 e. The van der Waals surface area contributed by atoms with Gasteiger partial charge in [-0.2, -0.15) is 0 Å². The smallest absolute Gasteiger partial charge is 0.254 e. The predicted molar refractivity (Wildman–Crippen MR) is 141 cm³/mol. The largest absolute Gasteiger partial charge is 0.353 e. The van der Waals surface area contributed by atoms with E-state index in [1.807, 2.05) is 37.3 Å². The number of aryl methyl sites for hydroxylation is 1. The summed E-state index contributed by atoms with van der Waals surface area (Å²) < 4.78 is 13.5. The minimum absolute atomic E-state index is 0.0767. The summed E-state index contributed by atoms with van der Waals surface area (Å²) in [5.41, 5.74) is 8.29. The lowest BCUT2D eigenvalue weighted by Crippen LogP contribution is -2.57. The van der Waals surface area contributed by atoms with Crippen molar-refractivity contribution in [1.82, 2.24) is 15.1 Å². The number of hydrogen-bond donors (Lipinski definition) is 2. The van der Waals surface area contributed by atoms with Gasteiger partial charge in [0.2, 0.25) is 5.91 Å². The van der Waals surface area contributed by atoms with E-state index in [0.29, 0.717) is 38.2 Å². The molecular formula is C28H33FN4O2S. The zero-order valence-electron chi connectivity index (χ0n) is 20.5. The fraction of sp³-hybridized carbons (Fsp3) is 0.357. The molecule has 8 heteroatoms. The van der Waals surface area contributed by atoms with Crippen LogP contribution in [0.2, 0.25) is 0 Å². The number of amides is 2. The molecule has 36 heavy (non-hydrogen) atoms. The molecule has 1 unspecified atom stereocenters. The van der Waals surface area contributed by atoms with E-state index in [-0.39, 0.29) is 23.7 Å². The summed E-state index contributed by atoms with van der Waals surface area (Å²) in [5.74, 6) is -0.573. The summed E-state index contributed by atoms with van der Waals surface area (Å²) in [5, 5.41) is 4.95. The first-order chi connectivity index (χ1) is 17.4. The molecule has 2 heterocycles. The third-order valence-corrected chi connectivity index (χ3v) is 7.50. The van der Waals surface area contributed by atoms with E-state index in [1.165, 1.54) is 17.0 Å².